The number of benzene rings is 1. The third-order valence-electron chi connectivity index (χ3n) is 5.55. The van der Waals surface area contributed by atoms with Crippen molar-refractivity contribution in [1.29, 1.82) is 0 Å². The highest BCUT2D eigenvalue weighted by Crippen LogP contribution is 2.41. The molecule has 0 radical (unpaired) electrons. The molecule has 1 aliphatic heterocycles. The fourth-order valence-corrected chi connectivity index (χ4v) is 6.00. The van der Waals surface area contributed by atoms with Crippen molar-refractivity contribution in [2.24, 2.45) is 0 Å². The van der Waals surface area contributed by atoms with Gasteiger partial charge in [0.2, 0.25) is 0 Å². The number of hydrogen-bond donors (Lipinski definition) is 1. The molecule has 162 valence electrons. The number of amides is 2. The van der Waals surface area contributed by atoms with Crippen molar-refractivity contribution in [3.8, 4) is 10.4 Å². The number of thiophene rings is 2. The summed E-state index contributed by atoms with van der Waals surface area (Å²) in [6.07, 6.45) is 0.895. The first-order valence-corrected chi connectivity index (χ1v) is 12.1. The van der Waals surface area contributed by atoms with Gasteiger partial charge in [0.15, 0.2) is 0 Å². The van der Waals surface area contributed by atoms with Crippen LogP contribution < -0.4 is 5.32 Å². The SMILES string of the molecule is CCc1cc(C(=O)Nc2sc(-c3ccccc3)c(C)c2C(=O)N2CCOCC2)sc1C. The van der Waals surface area contributed by atoms with E-state index in [9.17, 15) is 9.59 Å². The Morgan fingerprint density at radius 1 is 1.10 bits per heavy atom. The zero-order chi connectivity index (χ0) is 22.0. The number of morpholine rings is 1. The van der Waals surface area contributed by atoms with Gasteiger partial charge >= 0.3 is 0 Å². The highest BCUT2D eigenvalue weighted by molar-refractivity contribution is 7.20. The molecule has 3 heterocycles. The van der Waals surface area contributed by atoms with Gasteiger partial charge in [0.25, 0.3) is 11.8 Å². The van der Waals surface area contributed by atoms with Gasteiger partial charge in [0, 0.05) is 22.8 Å². The first-order valence-electron chi connectivity index (χ1n) is 10.5. The third kappa shape index (κ3) is 4.44. The standard InChI is InChI=1S/C24H26N2O3S2/c1-4-17-14-19(30-16(17)3)22(27)25-23-20(24(28)26-10-12-29-13-11-26)15(2)21(31-23)18-8-6-5-7-9-18/h5-9,14H,4,10-13H2,1-3H3,(H,25,27). The molecule has 1 fully saturated rings. The molecule has 1 saturated heterocycles. The minimum Gasteiger partial charge on any atom is -0.378 e. The summed E-state index contributed by atoms with van der Waals surface area (Å²) in [7, 11) is 0. The molecule has 0 unspecified atom stereocenters. The van der Waals surface area contributed by atoms with Crippen molar-refractivity contribution in [1.82, 2.24) is 4.90 Å². The van der Waals surface area contributed by atoms with Gasteiger partial charge in [-0.2, -0.15) is 0 Å². The molecule has 3 aromatic rings. The maximum absolute atomic E-state index is 13.4. The molecule has 1 aromatic carbocycles. The number of ether oxygens (including phenoxy) is 1. The molecular weight excluding hydrogens is 428 g/mol. The number of aryl methyl sites for hydroxylation is 2. The van der Waals surface area contributed by atoms with Gasteiger partial charge in [0.1, 0.15) is 5.00 Å². The van der Waals surface area contributed by atoms with Gasteiger partial charge in [-0.3, -0.25) is 9.59 Å². The summed E-state index contributed by atoms with van der Waals surface area (Å²) in [6, 6.07) is 12.0. The number of carbonyl (C=O) groups is 2. The Balaban J connectivity index is 1.72. The number of anilines is 1. The number of carbonyl (C=O) groups excluding carboxylic acids is 2. The summed E-state index contributed by atoms with van der Waals surface area (Å²) in [6.45, 7) is 8.29. The summed E-state index contributed by atoms with van der Waals surface area (Å²) in [5.74, 6) is -0.212. The van der Waals surface area contributed by atoms with Crippen molar-refractivity contribution < 1.29 is 14.3 Å². The molecular formula is C24H26N2O3S2. The molecule has 2 amide bonds. The summed E-state index contributed by atoms with van der Waals surface area (Å²) >= 11 is 2.96. The lowest BCUT2D eigenvalue weighted by Crippen LogP contribution is -2.41. The molecule has 0 aliphatic carbocycles. The van der Waals surface area contributed by atoms with E-state index in [4.69, 9.17) is 4.74 Å². The quantitative estimate of drug-likeness (QED) is 0.563. The van der Waals surface area contributed by atoms with Gasteiger partial charge in [-0.05, 0) is 43.0 Å². The van der Waals surface area contributed by atoms with E-state index >= 15 is 0 Å². The molecule has 1 aliphatic rings. The Bertz CT molecular complexity index is 1100. The van der Waals surface area contributed by atoms with E-state index in [-0.39, 0.29) is 11.8 Å². The first-order chi connectivity index (χ1) is 15.0. The van der Waals surface area contributed by atoms with Crippen LogP contribution in [-0.4, -0.2) is 43.0 Å². The topological polar surface area (TPSA) is 58.6 Å². The maximum Gasteiger partial charge on any atom is 0.266 e. The molecule has 31 heavy (non-hydrogen) atoms. The lowest BCUT2D eigenvalue weighted by molar-refractivity contribution is 0.0303. The second-order valence-corrected chi connectivity index (χ2v) is 9.81. The van der Waals surface area contributed by atoms with Crippen LogP contribution in [0.1, 0.15) is 43.0 Å². The van der Waals surface area contributed by atoms with Gasteiger partial charge in [0.05, 0.1) is 23.7 Å². The Hall–Kier alpha value is -2.48. The number of nitrogens with one attached hydrogen (secondary N) is 1. The van der Waals surface area contributed by atoms with Crippen LogP contribution in [0.3, 0.4) is 0 Å². The molecule has 1 N–H and O–H groups in total. The predicted octanol–water partition coefficient (Wildman–Crippen LogP) is 5.38. The lowest BCUT2D eigenvalue weighted by atomic mass is 10.1. The summed E-state index contributed by atoms with van der Waals surface area (Å²) in [5, 5.41) is 3.67. The predicted molar refractivity (Wildman–Crippen MR) is 128 cm³/mol. The van der Waals surface area contributed by atoms with Crippen LogP contribution in [0.2, 0.25) is 0 Å². The van der Waals surface area contributed by atoms with Crippen molar-refractivity contribution >= 4 is 39.5 Å². The molecule has 0 bridgehead atoms. The lowest BCUT2D eigenvalue weighted by Gasteiger charge is -2.27. The van der Waals surface area contributed by atoms with E-state index in [1.54, 1.807) is 0 Å². The molecule has 0 atom stereocenters. The van der Waals surface area contributed by atoms with Gasteiger partial charge in [-0.1, -0.05) is 37.3 Å². The average molecular weight is 455 g/mol. The fraction of sp³-hybridized carbons (Fsp3) is 0.333. The zero-order valence-corrected chi connectivity index (χ0v) is 19.6. The van der Waals surface area contributed by atoms with Crippen molar-refractivity contribution in [3.63, 3.8) is 0 Å². The van der Waals surface area contributed by atoms with E-state index in [0.717, 1.165) is 27.3 Å². The van der Waals surface area contributed by atoms with Crippen LogP contribution in [0.4, 0.5) is 5.00 Å². The smallest absolute Gasteiger partial charge is 0.266 e. The van der Waals surface area contributed by atoms with Crippen LogP contribution >= 0.6 is 22.7 Å². The van der Waals surface area contributed by atoms with Crippen LogP contribution in [0.15, 0.2) is 36.4 Å². The average Bonchev–Trinajstić information content (AvgIpc) is 3.34. The van der Waals surface area contributed by atoms with E-state index in [1.807, 2.05) is 55.1 Å². The minimum atomic E-state index is -0.162. The second kappa shape index (κ2) is 9.34. The molecule has 5 nitrogen and oxygen atoms in total. The van der Waals surface area contributed by atoms with Crippen molar-refractivity contribution in [2.45, 2.75) is 27.2 Å². The van der Waals surface area contributed by atoms with E-state index < -0.39 is 0 Å². The number of rotatable bonds is 5. The Morgan fingerprint density at radius 3 is 2.45 bits per heavy atom. The van der Waals surface area contributed by atoms with Crippen LogP contribution in [-0.2, 0) is 11.2 Å². The molecule has 0 saturated carbocycles. The van der Waals surface area contributed by atoms with E-state index in [2.05, 4.69) is 12.2 Å². The Labute approximate surface area is 190 Å². The van der Waals surface area contributed by atoms with Gasteiger partial charge < -0.3 is 15.0 Å². The minimum absolute atomic E-state index is 0.0499. The van der Waals surface area contributed by atoms with Crippen molar-refractivity contribution in [2.75, 3.05) is 31.6 Å². The van der Waals surface area contributed by atoms with E-state index in [0.29, 0.717) is 41.7 Å². The maximum atomic E-state index is 13.4. The Morgan fingerprint density at radius 2 is 1.81 bits per heavy atom. The first kappa shape index (κ1) is 21.7. The number of hydrogen-bond acceptors (Lipinski definition) is 5. The molecule has 7 heteroatoms. The summed E-state index contributed by atoms with van der Waals surface area (Å²) in [5.41, 5.74) is 3.72. The molecule has 4 rings (SSSR count). The van der Waals surface area contributed by atoms with Crippen molar-refractivity contribution in [3.05, 3.63) is 62.8 Å². The van der Waals surface area contributed by atoms with Crippen LogP contribution in [0.25, 0.3) is 10.4 Å². The van der Waals surface area contributed by atoms with Crippen LogP contribution in [0.5, 0.6) is 0 Å². The normalized spacial score (nSPS) is 14.0. The molecule has 0 spiro atoms. The van der Waals surface area contributed by atoms with Crippen LogP contribution in [0, 0.1) is 13.8 Å². The monoisotopic (exact) mass is 454 g/mol. The second-order valence-electron chi connectivity index (χ2n) is 7.53. The number of nitrogens with zero attached hydrogens (tertiary/aromatic N) is 1. The van der Waals surface area contributed by atoms with E-state index in [1.165, 1.54) is 28.2 Å². The highest BCUT2D eigenvalue weighted by atomic mass is 32.1. The largest absolute Gasteiger partial charge is 0.378 e. The zero-order valence-electron chi connectivity index (χ0n) is 18.0. The summed E-state index contributed by atoms with van der Waals surface area (Å²) in [4.78, 5) is 31.1. The molecule has 2 aromatic heterocycles. The summed E-state index contributed by atoms with van der Waals surface area (Å²) < 4.78 is 5.41. The van der Waals surface area contributed by atoms with Gasteiger partial charge in [-0.15, -0.1) is 22.7 Å². The third-order valence-corrected chi connectivity index (χ3v) is 7.90. The fourth-order valence-electron chi connectivity index (χ4n) is 3.80. The Kier molecular flexibility index (Phi) is 6.55. The highest BCUT2D eigenvalue weighted by Gasteiger charge is 2.28. The van der Waals surface area contributed by atoms with Gasteiger partial charge in [-0.25, -0.2) is 0 Å².